The van der Waals surface area contributed by atoms with Gasteiger partial charge in [-0.15, -0.1) is 0 Å². The number of carbonyl (C=O) groups excluding carboxylic acids is 1. The summed E-state index contributed by atoms with van der Waals surface area (Å²) in [7, 11) is 3.12. The Hall–Kier alpha value is -3.54. The molecule has 0 aliphatic heterocycles. The lowest BCUT2D eigenvalue weighted by Gasteiger charge is -2.13. The van der Waals surface area contributed by atoms with Crippen LogP contribution in [-0.4, -0.2) is 25.1 Å². The van der Waals surface area contributed by atoms with Gasteiger partial charge in [0.05, 0.1) is 37.4 Å². The van der Waals surface area contributed by atoms with Gasteiger partial charge in [0.2, 0.25) is 0 Å². The maximum absolute atomic E-state index is 12.7. The van der Waals surface area contributed by atoms with E-state index in [1.807, 2.05) is 19.1 Å². The van der Waals surface area contributed by atoms with Crippen molar-refractivity contribution in [3.8, 4) is 11.5 Å². The molecule has 6 nitrogen and oxygen atoms in total. The van der Waals surface area contributed by atoms with E-state index < -0.39 is 0 Å². The molecule has 6 heteroatoms. The Balaban J connectivity index is 1.79. The van der Waals surface area contributed by atoms with Gasteiger partial charge in [-0.1, -0.05) is 17.7 Å². The molecule has 3 aromatic rings. The van der Waals surface area contributed by atoms with Crippen LogP contribution < -0.4 is 20.1 Å². The van der Waals surface area contributed by atoms with E-state index in [2.05, 4.69) is 28.6 Å². The van der Waals surface area contributed by atoms with Gasteiger partial charge >= 0.3 is 0 Å². The first kappa shape index (κ1) is 19.2. The molecule has 0 aliphatic carbocycles. The van der Waals surface area contributed by atoms with Crippen molar-refractivity contribution in [2.75, 3.05) is 24.9 Å². The van der Waals surface area contributed by atoms with Crippen LogP contribution in [0.2, 0.25) is 0 Å². The molecule has 28 heavy (non-hydrogen) atoms. The van der Waals surface area contributed by atoms with E-state index >= 15 is 0 Å². The highest BCUT2D eigenvalue weighted by Crippen LogP contribution is 2.29. The Morgan fingerprint density at radius 3 is 2.43 bits per heavy atom. The third-order valence-corrected chi connectivity index (χ3v) is 4.32. The summed E-state index contributed by atoms with van der Waals surface area (Å²) in [6.45, 7) is 4.09. The molecule has 0 atom stereocenters. The number of ether oxygens (including phenoxy) is 2. The van der Waals surface area contributed by atoms with Gasteiger partial charge in [0.25, 0.3) is 5.91 Å². The summed E-state index contributed by atoms with van der Waals surface area (Å²) in [6.07, 6.45) is 3.21. The monoisotopic (exact) mass is 377 g/mol. The molecule has 1 aromatic heterocycles. The normalized spacial score (nSPS) is 10.3. The number of amides is 1. The van der Waals surface area contributed by atoms with Crippen LogP contribution in [0.5, 0.6) is 11.5 Å². The Kier molecular flexibility index (Phi) is 5.79. The minimum Gasteiger partial charge on any atom is -0.497 e. The van der Waals surface area contributed by atoms with E-state index in [0.717, 1.165) is 16.9 Å². The van der Waals surface area contributed by atoms with E-state index in [1.54, 1.807) is 44.7 Å². The zero-order valence-corrected chi connectivity index (χ0v) is 16.4. The van der Waals surface area contributed by atoms with Crippen molar-refractivity contribution in [2.45, 2.75) is 13.8 Å². The molecule has 0 radical (unpaired) electrons. The van der Waals surface area contributed by atoms with E-state index in [9.17, 15) is 4.79 Å². The first-order chi connectivity index (χ1) is 13.5. The molecule has 1 amide bonds. The van der Waals surface area contributed by atoms with Crippen molar-refractivity contribution in [3.63, 3.8) is 0 Å². The number of carbonyl (C=O) groups is 1. The van der Waals surface area contributed by atoms with Gasteiger partial charge in [0.1, 0.15) is 11.5 Å². The Morgan fingerprint density at radius 2 is 1.71 bits per heavy atom. The second kappa shape index (κ2) is 8.43. The van der Waals surface area contributed by atoms with Crippen molar-refractivity contribution >= 4 is 23.0 Å². The van der Waals surface area contributed by atoms with Crippen LogP contribution in [0.4, 0.5) is 17.1 Å². The fourth-order valence-corrected chi connectivity index (χ4v) is 2.84. The number of hydrogen-bond acceptors (Lipinski definition) is 5. The Morgan fingerprint density at radius 1 is 0.929 bits per heavy atom. The molecule has 3 rings (SSSR count). The zero-order valence-electron chi connectivity index (χ0n) is 16.4. The van der Waals surface area contributed by atoms with E-state index in [0.29, 0.717) is 22.7 Å². The fraction of sp³-hybridized carbons (Fsp3) is 0.182. The summed E-state index contributed by atoms with van der Waals surface area (Å²) in [5.74, 6) is 0.890. The van der Waals surface area contributed by atoms with Gasteiger partial charge in [-0.3, -0.25) is 9.78 Å². The number of aromatic nitrogens is 1. The lowest BCUT2D eigenvalue weighted by molar-refractivity contribution is 0.102. The number of rotatable bonds is 6. The SMILES string of the molecule is COc1ccc(NC(=O)c2cncc(Nc3ccc(C)cc3C)c2)c(OC)c1. The third kappa shape index (κ3) is 4.40. The zero-order chi connectivity index (χ0) is 20.1. The third-order valence-electron chi connectivity index (χ3n) is 4.32. The van der Waals surface area contributed by atoms with Crippen molar-refractivity contribution < 1.29 is 14.3 Å². The largest absolute Gasteiger partial charge is 0.497 e. The lowest BCUT2D eigenvalue weighted by atomic mass is 10.1. The molecule has 0 unspecified atom stereocenters. The van der Waals surface area contributed by atoms with E-state index in [4.69, 9.17) is 9.47 Å². The quantitative estimate of drug-likeness (QED) is 0.651. The van der Waals surface area contributed by atoms with Gasteiger partial charge < -0.3 is 20.1 Å². The van der Waals surface area contributed by atoms with E-state index in [-0.39, 0.29) is 5.91 Å². The summed E-state index contributed by atoms with van der Waals surface area (Å²) in [5.41, 5.74) is 5.03. The van der Waals surface area contributed by atoms with Crippen LogP contribution in [0, 0.1) is 13.8 Å². The van der Waals surface area contributed by atoms with Gasteiger partial charge in [0.15, 0.2) is 0 Å². The first-order valence-corrected chi connectivity index (χ1v) is 8.83. The minimum absolute atomic E-state index is 0.278. The molecular formula is C22H23N3O3. The maximum atomic E-state index is 12.7. The van der Waals surface area contributed by atoms with Gasteiger partial charge in [-0.05, 0) is 43.7 Å². The number of nitrogens with one attached hydrogen (secondary N) is 2. The molecule has 0 aliphatic rings. The van der Waals surface area contributed by atoms with Crippen LogP contribution in [0.1, 0.15) is 21.5 Å². The molecule has 0 spiro atoms. The minimum atomic E-state index is -0.278. The molecule has 2 N–H and O–H groups in total. The molecule has 0 saturated heterocycles. The number of methoxy groups -OCH3 is 2. The van der Waals surface area contributed by atoms with Gasteiger partial charge in [-0.25, -0.2) is 0 Å². The van der Waals surface area contributed by atoms with Crippen LogP contribution in [0.15, 0.2) is 54.9 Å². The predicted molar refractivity (Wildman–Crippen MR) is 111 cm³/mol. The standard InChI is InChI=1S/C22H23N3O3/c1-14-5-7-19(15(2)9-14)24-17-10-16(12-23-13-17)22(26)25-20-8-6-18(27-3)11-21(20)28-4/h5-13,24H,1-4H3,(H,25,26). The average Bonchev–Trinajstić information content (AvgIpc) is 2.70. The molecule has 0 fully saturated rings. The number of pyridine rings is 1. The maximum Gasteiger partial charge on any atom is 0.257 e. The lowest BCUT2D eigenvalue weighted by Crippen LogP contribution is -2.13. The summed E-state index contributed by atoms with van der Waals surface area (Å²) in [4.78, 5) is 16.9. The van der Waals surface area contributed by atoms with Gasteiger partial charge in [-0.2, -0.15) is 0 Å². The summed E-state index contributed by atoms with van der Waals surface area (Å²) in [5, 5.41) is 6.16. The van der Waals surface area contributed by atoms with Crippen LogP contribution in [-0.2, 0) is 0 Å². The Bertz CT molecular complexity index is 1000. The highest BCUT2D eigenvalue weighted by atomic mass is 16.5. The van der Waals surface area contributed by atoms with Crippen molar-refractivity contribution in [3.05, 3.63) is 71.5 Å². The fourth-order valence-electron chi connectivity index (χ4n) is 2.84. The highest BCUT2D eigenvalue weighted by Gasteiger charge is 2.12. The highest BCUT2D eigenvalue weighted by molar-refractivity contribution is 6.05. The van der Waals surface area contributed by atoms with Gasteiger partial charge in [0, 0.05) is 18.0 Å². The van der Waals surface area contributed by atoms with Crippen molar-refractivity contribution in [1.82, 2.24) is 4.98 Å². The van der Waals surface area contributed by atoms with Crippen LogP contribution in [0.25, 0.3) is 0 Å². The smallest absolute Gasteiger partial charge is 0.257 e. The first-order valence-electron chi connectivity index (χ1n) is 8.83. The van der Waals surface area contributed by atoms with E-state index in [1.165, 1.54) is 11.8 Å². The van der Waals surface area contributed by atoms with Crippen LogP contribution in [0.3, 0.4) is 0 Å². The molecule has 1 heterocycles. The topological polar surface area (TPSA) is 72.5 Å². The van der Waals surface area contributed by atoms with Crippen molar-refractivity contribution in [2.24, 2.45) is 0 Å². The second-order valence-corrected chi connectivity index (χ2v) is 6.43. The molecule has 144 valence electrons. The predicted octanol–water partition coefficient (Wildman–Crippen LogP) is 4.71. The number of benzene rings is 2. The summed E-state index contributed by atoms with van der Waals surface area (Å²) in [6, 6.07) is 13.1. The summed E-state index contributed by atoms with van der Waals surface area (Å²) < 4.78 is 10.5. The average molecular weight is 377 g/mol. The number of nitrogens with zero attached hydrogens (tertiary/aromatic N) is 1. The molecule has 2 aromatic carbocycles. The Labute approximate surface area is 164 Å². The molecule has 0 bridgehead atoms. The molecule has 0 saturated carbocycles. The number of aryl methyl sites for hydroxylation is 2. The second-order valence-electron chi connectivity index (χ2n) is 6.43. The molecular weight excluding hydrogens is 354 g/mol. The van der Waals surface area contributed by atoms with Crippen LogP contribution >= 0.6 is 0 Å². The number of anilines is 3. The summed E-state index contributed by atoms with van der Waals surface area (Å²) >= 11 is 0. The van der Waals surface area contributed by atoms with Crippen molar-refractivity contribution in [1.29, 1.82) is 0 Å². The number of hydrogen-bond donors (Lipinski definition) is 2.